The fraction of sp³-hybridized carbons (Fsp3) is 0.303. The molecule has 0 bridgehead atoms. The van der Waals surface area contributed by atoms with Crippen molar-refractivity contribution >= 4 is 23.6 Å². The summed E-state index contributed by atoms with van der Waals surface area (Å²) >= 11 is 0. The molecule has 1 aliphatic rings. The summed E-state index contributed by atoms with van der Waals surface area (Å²) in [5, 5.41) is 6.01. The van der Waals surface area contributed by atoms with Crippen LogP contribution in [0.5, 0.6) is 11.6 Å². The van der Waals surface area contributed by atoms with E-state index in [1.54, 1.807) is 35.4 Å². The third-order valence-corrected chi connectivity index (χ3v) is 6.78. The normalized spacial score (nSPS) is 14.5. The number of ether oxygens (including phenoxy) is 3. The Morgan fingerprint density at radius 2 is 1.82 bits per heavy atom. The minimum atomic E-state index is -0.596. The Morgan fingerprint density at radius 1 is 1.04 bits per heavy atom. The van der Waals surface area contributed by atoms with Gasteiger partial charge in [0.1, 0.15) is 29.5 Å². The average molecular weight is 615 g/mol. The molecule has 234 valence electrons. The maximum absolute atomic E-state index is 13.9. The van der Waals surface area contributed by atoms with Crippen LogP contribution >= 0.6 is 0 Å². The second-order valence-electron chi connectivity index (χ2n) is 11.5. The lowest BCUT2D eigenvalue weighted by Gasteiger charge is -2.29. The molecule has 1 fully saturated rings. The number of hydrogen-bond donors (Lipinski definition) is 2. The first-order chi connectivity index (χ1) is 21.6. The molecule has 5 rings (SSSR count). The van der Waals surface area contributed by atoms with Gasteiger partial charge in [-0.3, -0.25) is 10.3 Å². The quantitative estimate of drug-likeness (QED) is 0.204. The predicted octanol–water partition coefficient (Wildman–Crippen LogP) is 7.03. The molecule has 1 atom stereocenters. The van der Waals surface area contributed by atoms with Gasteiger partial charge in [0.25, 0.3) is 0 Å². The van der Waals surface area contributed by atoms with Gasteiger partial charge in [0.05, 0.1) is 18.4 Å². The second kappa shape index (κ2) is 14.0. The van der Waals surface area contributed by atoms with Crippen LogP contribution in [0, 0.1) is 5.82 Å². The number of anilines is 2. The van der Waals surface area contributed by atoms with Crippen molar-refractivity contribution in [1.82, 2.24) is 19.9 Å². The number of nitrogens with zero attached hydrogens (tertiary/aromatic N) is 4. The SMILES string of the molecule is CC(C)(C)OC(=O)N1CCC[C@H]1CNc1cnc(-c2cncc(F)c2)nc1Oc1ccc(NC(=O)OCc2ccccc2)cc1. The van der Waals surface area contributed by atoms with Gasteiger partial charge in [0.15, 0.2) is 5.82 Å². The fourth-order valence-electron chi connectivity index (χ4n) is 4.67. The number of rotatable bonds is 9. The highest BCUT2D eigenvalue weighted by Crippen LogP contribution is 2.31. The van der Waals surface area contributed by atoms with Crippen molar-refractivity contribution in [1.29, 1.82) is 0 Å². The Bertz CT molecular complexity index is 1610. The van der Waals surface area contributed by atoms with Gasteiger partial charge in [0, 0.05) is 30.5 Å². The predicted molar refractivity (Wildman–Crippen MR) is 166 cm³/mol. The lowest BCUT2D eigenvalue weighted by molar-refractivity contribution is 0.0235. The van der Waals surface area contributed by atoms with E-state index in [9.17, 15) is 14.0 Å². The van der Waals surface area contributed by atoms with Gasteiger partial charge in [-0.25, -0.2) is 19.0 Å². The summed E-state index contributed by atoms with van der Waals surface area (Å²) in [6, 6.07) is 17.2. The van der Waals surface area contributed by atoms with E-state index in [-0.39, 0.29) is 30.4 Å². The number of benzene rings is 2. The Balaban J connectivity index is 1.29. The van der Waals surface area contributed by atoms with Crippen LogP contribution in [0.15, 0.2) is 79.3 Å². The number of amides is 2. The highest BCUT2D eigenvalue weighted by molar-refractivity contribution is 5.84. The Morgan fingerprint density at radius 3 is 2.56 bits per heavy atom. The van der Waals surface area contributed by atoms with Gasteiger partial charge in [-0.2, -0.15) is 4.98 Å². The molecule has 4 aromatic rings. The fourth-order valence-corrected chi connectivity index (χ4v) is 4.67. The Kier molecular flexibility index (Phi) is 9.71. The van der Waals surface area contributed by atoms with E-state index in [4.69, 9.17) is 14.2 Å². The van der Waals surface area contributed by atoms with Crippen molar-refractivity contribution in [3.8, 4) is 23.0 Å². The standard InChI is InChI=1S/C33H35FN6O5/c1-33(2,3)45-32(42)40-15-7-10-26(40)19-36-28-20-37-29(23-16-24(34)18-35-17-23)39-30(28)44-27-13-11-25(12-14-27)38-31(41)43-21-22-8-5-4-6-9-22/h4-6,8-9,11-14,16-18,20,26,36H,7,10,15,19,21H2,1-3H3,(H,38,41)/t26-/m0/s1. The number of nitrogens with one attached hydrogen (secondary N) is 2. The van der Waals surface area contributed by atoms with Gasteiger partial charge in [-0.1, -0.05) is 30.3 Å². The van der Waals surface area contributed by atoms with Crippen LogP contribution in [-0.2, 0) is 16.1 Å². The molecule has 0 unspecified atom stereocenters. The van der Waals surface area contributed by atoms with E-state index in [0.29, 0.717) is 35.8 Å². The molecule has 0 radical (unpaired) electrons. The van der Waals surface area contributed by atoms with Crippen LogP contribution in [0.4, 0.5) is 25.4 Å². The van der Waals surface area contributed by atoms with Crippen molar-refractivity contribution in [2.75, 3.05) is 23.7 Å². The van der Waals surface area contributed by atoms with Crippen LogP contribution in [0.2, 0.25) is 0 Å². The molecule has 2 amide bonds. The van der Waals surface area contributed by atoms with Gasteiger partial charge in [-0.05, 0) is 69.5 Å². The first-order valence-corrected chi connectivity index (χ1v) is 14.6. The van der Waals surface area contributed by atoms with Gasteiger partial charge in [0.2, 0.25) is 5.88 Å². The minimum Gasteiger partial charge on any atom is -0.444 e. The number of pyridine rings is 1. The molecule has 0 spiro atoms. The summed E-state index contributed by atoms with van der Waals surface area (Å²) in [5.74, 6) is 0.321. The van der Waals surface area contributed by atoms with Crippen LogP contribution in [-0.4, -0.2) is 56.8 Å². The van der Waals surface area contributed by atoms with Gasteiger partial charge >= 0.3 is 12.2 Å². The zero-order chi connectivity index (χ0) is 31.8. The highest BCUT2D eigenvalue weighted by atomic mass is 19.1. The van der Waals surface area contributed by atoms with Crippen molar-refractivity contribution in [2.24, 2.45) is 0 Å². The number of carbonyl (C=O) groups excluding carboxylic acids is 2. The lowest BCUT2D eigenvalue weighted by Crippen LogP contribution is -2.42. The number of likely N-dealkylation sites (tertiary alicyclic amines) is 1. The van der Waals surface area contributed by atoms with Crippen LogP contribution in [0.25, 0.3) is 11.4 Å². The van der Waals surface area contributed by atoms with Crippen LogP contribution in [0.3, 0.4) is 0 Å². The number of halogens is 1. The minimum absolute atomic E-state index is 0.105. The van der Waals surface area contributed by atoms with Crippen molar-refractivity contribution in [2.45, 2.75) is 51.9 Å². The second-order valence-corrected chi connectivity index (χ2v) is 11.5. The number of aromatic nitrogens is 3. The number of carbonyl (C=O) groups is 2. The van der Waals surface area contributed by atoms with Crippen molar-refractivity contribution < 1.29 is 28.2 Å². The average Bonchev–Trinajstić information content (AvgIpc) is 3.49. The zero-order valence-corrected chi connectivity index (χ0v) is 25.3. The first-order valence-electron chi connectivity index (χ1n) is 14.6. The van der Waals surface area contributed by atoms with Crippen molar-refractivity contribution in [3.63, 3.8) is 0 Å². The van der Waals surface area contributed by atoms with Gasteiger partial charge < -0.3 is 24.4 Å². The van der Waals surface area contributed by atoms with E-state index < -0.39 is 17.5 Å². The van der Waals surface area contributed by atoms with E-state index in [1.807, 2.05) is 51.1 Å². The molecular weight excluding hydrogens is 579 g/mol. The summed E-state index contributed by atoms with van der Waals surface area (Å²) in [4.78, 5) is 39.6. The van der Waals surface area contributed by atoms with E-state index >= 15 is 0 Å². The van der Waals surface area contributed by atoms with Crippen molar-refractivity contribution in [3.05, 3.63) is 90.6 Å². The molecule has 2 N–H and O–H groups in total. The highest BCUT2D eigenvalue weighted by Gasteiger charge is 2.32. The third kappa shape index (κ3) is 8.88. The van der Waals surface area contributed by atoms with E-state index in [0.717, 1.165) is 24.6 Å². The molecule has 12 heteroatoms. The monoisotopic (exact) mass is 614 g/mol. The molecule has 3 heterocycles. The molecule has 1 aliphatic heterocycles. The molecular formula is C33H35FN6O5. The molecule has 0 aliphatic carbocycles. The Hall–Kier alpha value is -5.26. The smallest absolute Gasteiger partial charge is 0.411 e. The van der Waals surface area contributed by atoms with Gasteiger partial charge in [-0.15, -0.1) is 0 Å². The topological polar surface area (TPSA) is 128 Å². The molecule has 0 saturated carbocycles. The van der Waals surface area contributed by atoms with Crippen LogP contribution < -0.4 is 15.4 Å². The summed E-state index contributed by atoms with van der Waals surface area (Å²) in [6.07, 6.45) is 4.83. The molecule has 1 saturated heterocycles. The largest absolute Gasteiger partial charge is 0.444 e. The molecule has 2 aromatic carbocycles. The van der Waals surface area contributed by atoms with Crippen LogP contribution in [0.1, 0.15) is 39.2 Å². The summed E-state index contributed by atoms with van der Waals surface area (Å²) in [7, 11) is 0. The summed E-state index contributed by atoms with van der Waals surface area (Å²) in [6.45, 7) is 6.68. The van der Waals surface area contributed by atoms with E-state index in [1.165, 1.54) is 12.3 Å². The zero-order valence-electron chi connectivity index (χ0n) is 25.3. The van der Waals surface area contributed by atoms with E-state index in [2.05, 4.69) is 25.6 Å². The molecule has 11 nitrogen and oxygen atoms in total. The first kappa shape index (κ1) is 31.2. The number of hydrogen-bond acceptors (Lipinski definition) is 9. The maximum atomic E-state index is 13.9. The maximum Gasteiger partial charge on any atom is 0.411 e. The molecule has 2 aromatic heterocycles. The molecule has 45 heavy (non-hydrogen) atoms. The third-order valence-electron chi connectivity index (χ3n) is 6.78. The lowest BCUT2D eigenvalue weighted by atomic mass is 10.2. The summed E-state index contributed by atoms with van der Waals surface area (Å²) in [5.41, 5.74) is 1.65. The Labute approximate surface area is 260 Å². The summed E-state index contributed by atoms with van der Waals surface area (Å²) < 4.78 is 30.9.